The number of rotatable bonds is 3. The Balaban J connectivity index is 2.78. The zero-order valence-corrected chi connectivity index (χ0v) is 8.01. The predicted molar refractivity (Wildman–Crippen MR) is 51.7 cm³/mol. The molecule has 0 aromatic carbocycles. The second-order valence-corrected chi connectivity index (χ2v) is 2.91. The van der Waals surface area contributed by atoms with E-state index in [0.29, 0.717) is 5.69 Å². The largest absolute Gasteiger partial charge is 0.476 e. The number of aromatic nitrogens is 2. The third kappa shape index (κ3) is 2.85. The van der Waals surface area contributed by atoms with E-state index in [-0.39, 0.29) is 5.69 Å². The third-order valence-corrected chi connectivity index (χ3v) is 1.43. The molecule has 0 spiro atoms. The summed E-state index contributed by atoms with van der Waals surface area (Å²) in [5.74, 6) is -1.07. The van der Waals surface area contributed by atoms with Crippen molar-refractivity contribution in [2.45, 2.75) is 0 Å². The van der Waals surface area contributed by atoms with E-state index in [1.54, 1.807) is 6.08 Å². The molecule has 0 aliphatic heterocycles. The van der Waals surface area contributed by atoms with Gasteiger partial charge in [0.1, 0.15) is 0 Å². The first kappa shape index (κ1) is 10.2. The molecule has 0 aliphatic carbocycles. The first-order chi connectivity index (χ1) is 6.59. The Morgan fingerprint density at radius 3 is 2.57 bits per heavy atom. The minimum atomic E-state index is -1.07. The molecule has 5 nitrogen and oxygen atoms in total. The van der Waals surface area contributed by atoms with Gasteiger partial charge in [0.15, 0.2) is 5.69 Å². The normalized spacial score (nSPS) is 10.4. The van der Waals surface area contributed by atoms with Crippen LogP contribution in [0.4, 0.5) is 0 Å². The fraction of sp³-hybridized carbons (Fsp3) is 0.222. The minimum Gasteiger partial charge on any atom is -0.476 e. The average molecular weight is 193 g/mol. The van der Waals surface area contributed by atoms with E-state index < -0.39 is 5.97 Å². The molecule has 0 atom stereocenters. The summed E-state index contributed by atoms with van der Waals surface area (Å²) in [6, 6.07) is 0. The molecule has 0 amide bonds. The third-order valence-electron chi connectivity index (χ3n) is 1.43. The lowest BCUT2D eigenvalue weighted by Gasteiger charge is -2.02. The Hall–Kier alpha value is -1.91. The van der Waals surface area contributed by atoms with E-state index in [1.807, 2.05) is 25.2 Å². The summed E-state index contributed by atoms with van der Waals surface area (Å²) in [6.45, 7) is 0. The summed E-state index contributed by atoms with van der Waals surface area (Å²) in [6.07, 6.45) is 6.21. The van der Waals surface area contributed by atoms with Gasteiger partial charge in [-0.1, -0.05) is 0 Å². The highest BCUT2D eigenvalue weighted by molar-refractivity contribution is 5.84. The first-order valence-corrected chi connectivity index (χ1v) is 3.99. The summed E-state index contributed by atoms with van der Waals surface area (Å²) in [5, 5.41) is 8.57. The van der Waals surface area contributed by atoms with Gasteiger partial charge in [-0.05, 0) is 6.08 Å². The van der Waals surface area contributed by atoms with E-state index in [1.165, 1.54) is 12.4 Å². The Bertz CT molecular complexity index is 344. The maximum atomic E-state index is 10.4. The Morgan fingerprint density at radius 2 is 2.14 bits per heavy atom. The first-order valence-electron chi connectivity index (χ1n) is 3.99. The molecule has 74 valence electrons. The Labute approximate surface area is 81.7 Å². The van der Waals surface area contributed by atoms with Crippen LogP contribution in [0.15, 0.2) is 18.6 Å². The summed E-state index contributed by atoms with van der Waals surface area (Å²) < 4.78 is 0. The topological polar surface area (TPSA) is 66.3 Å². The molecule has 0 fully saturated rings. The number of nitrogens with zero attached hydrogens (tertiary/aromatic N) is 3. The molecule has 14 heavy (non-hydrogen) atoms. The maximum absolute atomic E-state index is 10.4. The lowest BCUT2D eigenvalue weighted by Crippen LogP contribution is -2.02. The lowest BCUT2D eigenvalue weighted by atomic mass is 10.4. The van der Waals surface area contributed by atoms with Crippen molar-refractivity contribution in [1.82, 2.24) is 14.9 Å². The van der Waals surface area contributed by atoms with Crippen molar-refractivity contribution < 1.29 is 9.90 Å². The van der Waals surface area contributed by atoms with Crippen LogP contribution in [-0.2, 0) is 0 Å². The molecule has 0 bridgehead atoms. The van der Waals surface area contributed by atoms with Crippen LogP contribution >= 0.6 is 0 Å². The van der Waals surface area contributed by atoms with Gasteiger partial charge >= 0.3 is 5.97 Å². The average Bonchev–Trinajstić information content (AvgIpc) is 2.15. The highest BCUT2D eigenvalue weighted by Gasteiger charge is 2.02. The van der Waals surface area contributed by atoms with Gasteiger partial charge in [0, 0.05) is 20.3 Å². The second-order valence-electron chi connectivity index (χ2n) is 2.91. The number of aromatic carboxylic acids is 1. The zero-order chi connectivity index (χ0) is 10.6. The van der Waals surface area contributed by atoms with E-state index in [0.717, 1.165) is 0 Å². The van der Waals surface area contributed by atoms with Gasteiger partial charge in [0.2, 0.25) is 0 Å². The van der Waals surface area contributed by atoms with Gasteiger partial charge < -0.3 is 10.0 Å². The van der Waals surface area contributed by atoms with Crippen molar-refractivity contribution in [2.24, 2.45) is 0 Å². The molecule has 1 N–H and O–H groups in total. The van der Waals surface area contributed by atoms with Crippen LogP contribution < -0.4 is 0 Å². The SMILES string of the molecule is CN(C)/C=C/c1cnc(C(=O)O)cn1. The molecular weight excluding hydrogens is 182 g/mol. The van der Waals surface area contributed by atoms with Gasteiger partial charge in [-0.2, -0.15) is 0 Å². The van der Waals surface area contributed by atoms with Crippen LogP contribution in [0, 0.1) is 0 Å². The molecule has 0 unspecified atom stereocenters. The zero-order valence-electron chi connectivity index (χ0n) is 8.01. The van der Waals surface area contributed by atoms with Crippen LogP contribution in [0.5, 0.6) is 0 Å². The lowest BCUT2D eigenvalue weighted by molar-refractivity contribution is 0.0690. The fourth-order valence-corrected chi connectivity index (χ4v) is 0.760. The molecule has 1 aromatic rings. The summed E-state index contributed by atoms with van der Waals surface area (Å²) in [5.41, 5.74) is 0.579. The number of hydrogen-bond donors (Lipinski definition) is 1. The molecule has 5 heteroatoms. The molecular formula is C9H11N3O2. The maximum Gasteiger partial charge on any atom is 0.356 e. The summed E-state index contributed by atoms with van der Waals surface area (Å²) >= 11 is 0. The van der Waals surface area contributed by atoms with Gasteiger partial charge in [-0.15, -0.1) is 0 Å². The van der Waals surface area contributed by atoms with Gasteiger partial charge in [0.25, 0.3) is 0 Å². The van der Waals surface area contributed by atoms with E-state index in [9.17, 15) is 4.79 Å². The highest BCUT2D eigenvalue weighted by Crippen LogP contribution is 1.98. The van der Waals surface area contributed by atoms with Crippen molar-refractivity contribution >= 4 is 12.0 Å². The van der Waals surface area contributed by atoms with E-state index in [4.69, 9.17) is 5.11 Å². The molecule has 0 saturated carbocycles. The van der Waals surface area contributed by atoms with Crippen LogP contribution in [-0.4, -0.2) is 40.0 Å². The Morgan fingerprint density at radius 1 is 1.43 bits per heavy atom. The van der Waals surface area contributed by atoms with E-state index >= 15 is 0 Å². The number of carboxylic acids is 1. The van der Waals surface area contributed by atoms with Crippen LogP contribution in [0.3, 0.4) is 0 Å². The second kappa shape index (κ2) is 4.36. The fourth-order valence-electron chi connectivity index (χ4n) is 0.760. The molecule has 0 radical (unpaired) electrons. The van der Waals surface area contributed by atoms with Crippen molar-refractivity contribution in [3.8, 4) is 0 Å². The minimum absolute atomic E-state index is 0.0491. The summed E-state index contributed by atoms with van der Waals surface area (Å²) in [7, 11) is 3.77. The van der Waals surface area contributed by atoms with E-state index in [2.05, 4.69) is 9.97 Å². The number of hydrogen-bond acceptors (Lipinski definition) is 4. The van der Waals surface area contributed by atoms with Crippen LogP contribution in [0.25, 0.3) is 6.08 Å². The number of carboxylic acid groups (broad SMARTS) is 1. The quantitative estimate of drug-likeness (QED) is 0.765. The van der Waals surface area contributed by atoms with Crippen molar-refractivity contribution in [3.63, 3.8) is 0 Å². The van der Waals surface area contributed by atoms with Crippen molar-refractivity contribution in [3.05, 3.63) is 30.0 Å². The van der Waals surface area contributed by atoms with Crippen molar-refractivity contribution in [1.29, 1.82) is 0 Å². The molecule has 1 heterocycles. The van der Waals surface area contributed by atoms with Gasteiger partial charge in [-0.3, -0.25) is 4.98 Å². The van der Waals surface area contributed by atoms with Gasteiger partial charge in [-0.25, -0.2) is 9.78 Å². The Kier molecular flexibility index (Phi) is 3.17. The number of carbonyl (C=O) groups is 1. The predicted octanol–water partition coefficient (Wildman–Crippen LogP) is 0.707. The standard InChI is InChI=1S/C9H11N3O2/c1-12(2)4-3-7-5-11-8(6-10-7)9(13)14/h3-6H,1-2H3,(H,13,14)/b4-3+. The molecule has 1 aromatic heterocycles. The summed E-state index contributed by atoms with van der Waals surface area (Å²) in [4.78, 5) is 19.9. The molecule has 1 rings (SSSR count). The smallest absolute Gasteiger partial charge is 0.356 e. The molecule has 0 saturated heterocycles. The van der Waals surface area contributed by atoms with Crippen molar-refractivity contribution in [2.75, 3.05) is 14.1 Å². The highest BCUT2D eigenvalue weighted by atomic mass is 16.4. The monoisotopic (exact) mass is 193 g/mol. The molecule has 0 aliphatic rings. The van der Waals surface area contributed by atoms with Crippen LogP contribution in [0.1, 0.15) is 16.2 Å². The van der Waals surface area contributed by atoms with Gasteiger partial charge in [0.05, 0.1) is 18.1 Å². The van der Waals surface area contributed by atoms with Crippen LogP contribution in [0.2, 0.25) is 0 Å².